The summed E-state index contributed by atoms with van der Waals surface area (Å²) in [4.78, 5) is 16.5. The highest BCUT2D eigenvalue weighted by Crippen LogP contribution is 2.18. The van der Waals surface area contributed by atoms with E-state index in [1.807, 2.05) is 6.92 Å². The van der Waals surface area contributed by atoms with Crippen molar-refractivity contribution in [1.29, 1.82) is 0 Å². The molecule has 1 aromatic heterocycles. The van der Waals surface area contributed by atoms with Gasteiger partial charge in [0.15, 0.2) is 0 Å². The Balaban J connectivity index is 1.95. The van der Waals surface area contributed by atoms with E-state index in [9.17, 15) is 4.79 Å². The minimum Gasteiger partial charge on any atom is -0.389 e. The van der Waals surface area contributed by atoms with Gasteiger partial charge in [-0.15, -0.1) is 0 Å². The van der Waals surface area contributed by atoms with Gasteiger partial charge < -0.3 is 15.8 Å². The van der Waals surface area contributed by atoms with Crippen LogP contribution >= 0.6 is 12.2 Å². The minimum absolute atomic E-state index is 0.114. The lowest BCUT2D eigenvalue weighted by Crippen LogP contribution is -2.40. The summed E-state index contributed by atoms with van der Waals surface area (Å²) in [6.45, 7) is 3.56. The Hall–Kier alpha value is -1.53. The van der Waals surface area contributed by atoms with Crippen LogP contribution in [0.1, 0.15) is 35.8 Å². The molecule has 0 spiro atoms. The molecule has 0 radical (unpaired) electrons. The standard InChI is InChI=1S/C14H19N3O2S/c1-9(10-4-6-19-7-5-10)17-14(18)12-3-2-11(8-16-12)13(15)20/h2-3,8-10H,4-7H2,1H3,(H2,15,20)(H,17,18). The quantitative estimate of drug-likeness (QED) is 0.817. The number of aromatic nitrogens is 1. The van der Waals surface area contributed by atoms with Crippen LogP contribution in [0.3, 0.4) is 0 Å². The van der Waals surface area contributed by atoms with E-state index in [1.165, 1.54) is 6.20 Å². The highest BCUT2D eigenvalue weighted by molar-refractivity contribution is 7.80. The molecule has 1 atom stereocenters. The summed E-state index contributed by atoms with van der Waals surface area (Å²) in [5, 5.41) is 2.99. The predicted molar refractivity (Wildman–Crippen MR) is 80.6 cm³/mol. The van der Waals surface area contributed by atoms with Crippen molar-refractivity contribution >= 4 is 23.1 Å². The van der Waals surface area contributed by atoms with E-state index in [0.717, 1.165) is 26.1 Å². The highest BCUT2D eigenvalue weighted by Gasteiger charge is 2.22. The van der Waals surface area contributed by atoms with Gasteiger partial charge in [0.25, 0.3) is 5.91 Å². The number of hydrogen-bond acceptors (Lipinski definition) is 4. The third-order valence-corrected chi connectivity index (χ3v) is 3.85. The van der Waals surface area contributed by atoms with Crippen LogP contribution in [0.15, 0.2) is 18.3 Å². The Morgan fingerprint density at radius 3 is 2.75 bits per heavy atom. The molecule has 20 heavy (non-hydrogen) atoms. The van der Waals surface area contributed by atoms with Gasteiger partial charge in [0.2, 0.25) is 0 Å². The average molecular weight is 293 g/mol. The number of ether oxygens (including phenoxy) is 1. The largest absolute Gasteiger partial charge is 0.389 e. The maximum atomic E-state index is 12.1. The Bertz CT molecular complexity index is 484. The molecule has 2 heterocycles. The van der Waals surface area contributed by atoms with Crippen molar-refractivity contribution in [1.82, 2.24) is 10.3 Å². The first-order valence-electron chi connectivity index (χ1n) is 6.72. The van der Waals surface area contributed by atoms with Gasteiger partial charge in [-0.05, 0) is 37.8 Å². The Morgan fingerprint density at radius 2 is 2.20 bits per heavy atom. The summed E-state index contributed by atoms with van der Waals surface area (Å²) >= 11 is 4.85. The number of rotatable bonds is 4. The van der Waals surface area contributed by atoms with Gasteiger partial charge in [-0.3, -0.25) is 9.78 Å². The second-order valence-electron chi connectivity index (χ2n) is 5.01. The molecule has 1 unspecified atom stereocenters. The van der Waals surface area contributed by atoms with Crippen molar-refractivity contribution < 1.29 is 9.53 Å². The number of thiocarbonyl (C=S) groups is 1. The molecule has 1 amide bonds. The minimum atomic E-state index is -0.168. The fraction of sp³-hybridized carbons (Fsp3) is 0.500. The number of nitrogens with zero attached hydrogens (tertiary/aromatic N) is 1. The van der Waals surface area contributed by atoms with Crippen LogP contribution in [-0.4, -0.2) is 35.1 Å². The summed E-state index contributed by atoms with van der Waals surface area (Å²) in [6, 6.07) is 3.47. The van der Waals surface area contributed by atoms with Crippen LogP contribution in [0.25, 0.3) is 0 Å². The van der Waals surface area contributed by atoms with Gasteiger partial charge in [-0.2, -0.15) is 0 Å². The zero-order chi connectivity index (χ0) is 14.5. The molecule has 6 heteroatoms. The molecule has 1 aromatic rings. The van der Waals surface area contributed by atoms with Gasteiger partial charge in [-0.25, -0.2) is 0 Å². The summed E-state index contributed by atoms with van der Waals surface area (Å²) in [5.41, 5.74) is 6.54. The molecule has 0 bridgehead atoms. The SMILES string of the molecule is CC(NC(=O)c1ccc(C(N)=S)cn1)C1CCOCC1. The lowest BCUT2D eigenvalue weighted by molar-refractivity contribution is 0.0537. The first kappa shape index (κ1) is 14.9. The molecule has 1 fully saturated rings. The first-order valence-corrected chi connectivity index (χ1v) is 7.13. The van der Waals surface area contributed by atoms with Crippen molar-refractivity contribution in [2.75, 3.05) is 13.2 Å². The van der Waals surface area contributed by atoms with Crippen molar-refractivity contribution in [3.05, 3.63) is 29.6 Å². The zero-order valence-electron chi connectivity index (χ0n) is 11.5. The third kappa shape index (κ3) is 3.74. The Labute approximate surface area is 123 Å². The van der Waals surface area contributed by atoms with E-state index in [4.69, 9.17) is 22.7 Å². The second kappa shape index (κ2) is 6.76. The smallest absolute Gasteiger partial charge is 0.270 e. The number of carbonyl (C=O) groups excluding carboxylic acids is 1. The second-order valence-corrected chi connectivity index (χ2v) is 5.45. The summed E-state index contributed by atoms with van der Waals surface area (Å²) in [7, 11) is 0. The van der Waals surface area contributed by atoms with Crippen LogP contribution in [-0.2, 0) is 4.74 Å². The number of hydrogen-bond donors (Lipinski definition) is 2. The van der Waals surface area contributed by atoms with Crippen molar-refractivity contribution in [2.45, 2.75) is 25.8 Å². The molecule has 3 N–H and O–H groups in total. The molecule has 0 aromatic carbocycles. The molecule has 5 nitrogen and oxygen atoms in total. The number of nitrogens with two attached hydrogens (primary N) is 1. The van der Waals surface area contributed by atoms with Crippen LogP contribution in [0, 0.1) is 5.92 Å². The maximum absolute atomic E-state index is 12.1. The zero-order valence-corrected chi connectivity index (χ0v) is 12.3. The molecule has 0 aliphatic carbocycles. The van der Waals surface area contributed by atoms with E-state index in [-0.39, 0.29) is 16.9 Å². The average Bonchev–Trinajstić information content (AvgIpc) is 2.48. The van der Waals surface area contributed by atoms with Gasteiger partial charge in [0.05, 0.1) is 0 Å². The van der Waals surface area contributed by atoms with Gasteiger partial charge >= 0.3 is 0 Å². The van der Waals surface area contributed by atoms with Crippen molar-refractivity contribution in [3.63, 3.8) is 0 Å². The monoisotopic (exact) mass is 293 g/mol. The van der Waals surface area contributed by atoms with E-state index in [2.05, 4.69) is 10.3 Å². The third-order valence-electron chi connectivity index (χ3n) is 3.61. The fourth-order valence-electron chi connectivity index (χ4n) is 2.29. The number of amides is 1. The number of carbonyl (C=O) groups is 1. The van der Waals surface area contributed by atoms with Crippen molar-refractivity contribution in [3.8, 4) is 0 Å². The topological polar surface area (TPSA) is 77.2 Å². The first-order chi connectivity index (χ1) is 9.58. The van der Waals surface area contributed by atoms with E-state index < -0.39 is 0 Å². The molecule has 1 aliphatic rings. The Morgan fingerprint density at radius 1 is 1.50 bits per heavy atom. The molecular weight excluding hydrogens is 274 g/mol. The molecule has 0 saturated carbocycles. The normalized spacial score (nSPS) is 17.4. The number of pyridine rings is 1. The highest BCUT2D eigenvalue weighted by atomic mass is 32.1. The molecular formula is C14H19N3O2S. The van der Waals surface area contributed by atoms with Crippen molar-refractivity contribution in [2.24, 2.45) is 11.7 Å². The summed E-state index contributed by atoms with van der Waals surface area (Å²) in [6.07, 6.45) is 3.49. The van der Waals surface area contributed by atoms with Gasteiger partial charge in [0.1, 0.15) is 10.7 Å². The number of nitrogens with one attached hydrogen (secondary N) is 1. The molecule has 108 valence electrons. The lowest BCUT2D eigenvalue weighted by atomic mass is 9.93. The predicted octanol–water partition coefficient (Wildman–Crippen LogP) is 1.26. The molecule has 2 rings (SSSR count). The molecule has 1 aliphatic heterocycles. The maximum Gasteiger partial charge on any atom is 0.270 e. The Kier molecular flexibility index (Phi) is 5.03. The lowest BCUT2D eigenvalue weighted by Gasteiger charge is -2.28. The molecule has 1 saturated heterocycles. The van der Waals surface area contributed by atoms with Gasteiger partial charge in [0, 0.05) is 31.0 Å². The van der Waals surface area contributed by atoms with Crippen LogP contribution in [0.4, 0.5) is 0 Å². The van der Waals surface area contributed by atoms with E-state index >= 15 is 0 Å². The van der Waals surface area contributed by atoms with Crippen LogP contribution in [0.2, 0.25) is 0 Å². The fourth-order valence-corrected chi connectivity index (χ4v) is 2.41. The van der Waals surface area contributed by atoms with E-state index in [1.54, 1.807) is 12.1 Å². The van der Waals surface area contributed by atoms with Crippen LogP contribution < -0.4 is 11.1 Å². The van der Waals surface area contributed by atoms with Gasteiger partial charge in [-0.1, -0.05) is 12.2 Å². The van der Waals surface area contributed by atoms with E-state index in [0.29, 0.717) is 17.2 Å². The van der Waals surface area contributed by atoms with Crippen LogP contribution in [0.5, 0.6) is 0 Å². The summed E-state index contributed by atoms with van der Waals surface area (Å²) in [5.74, 6) is 0.294. The summed E-state index contributed by atoms with van der Waals surface area (Å²) < 4.78 is 5.33.